The standard InChI is InChI=1S/C23H31N3O4S/c1-18-14-19(2)16-22(15-18)30-13-8-24-23(27)21-6-4-20(5-7-21)17-31(28,29)26-11-9-25(3)10-12-26/h4-7,14-16H,8-13,17H2,1-3H3,(H,24,27). The Hall–Kier alpha value is -2.42. The Kier molecular flexibility index (Phi) is 7.69. The Morgan fingerprint density at radius 2 is 1.61 bits per heavy atom. The fourth-order valence-corrected chi connectivity index (χ4v) is 5.09. The van der Waals surface area contributed by atoms with Gasteiger partial charge in [-0.15, -0.1) is 0 Å². The normalized spacial score (nSPS) is 15.6. The summed E-state index contributed by atoms with van der Waals surface area (Å²) in [5.74, 6) is 0.526. The van der Waals surface area contributed by atoms with Crippen molar-refractivity contribution in [2.45, 2.75) is 19.6 Å². The molecule has 8 heteroatoms. The summed E-state index contributed by atoms with van der Waals surface area (Å²) in [7, 11) is -1.36. The third-order valence-electron chi connectivity index (χ3n) is 5.27. The molecule has 1 aliphatic heterocycles. The molecule has 1 fully saturated rings. The third-order valence-corrected chi connectivity index (χ3v) is 7.12. The van der Waals surface area contributed by atoms with Crippen LogP contribution in [0.1, 0.15) is 27.0 Å². The summed E-state index contributed by atoms with van der Waals surface area (Å²) in [5.41, 5.74) is 3.43. The van der Waals surface area contributed by atoms with E-state index in [-0.39, 0.29) is 11.7 Å². The molecule has 0 atom stereocenters. The van der Waals surface area contributed by atoms with Crippen LogP contribution in [0, 0.1) is 13.8 Å². The molecule has 1 heterocycles. The number of nitrogens with zero attached hydrogens (tertiary/aromatic N) is 2. The van der Waals surface area contributed by atoms with E-state index in [1.807, 2.05) is 33.0 Å². The Morgan fingerprint density at radius 3 is 2.23 bits per heavy atom. The molecule has 7 nitrogen and oxygen atoms in total. The van der Waals surface area contributed by atoms with Gasteiger partial charge in [0.25, 0.3) is 5.91 Å². The van der Waals surface area contributed by atoms with E-state index >= 15 is 0 Å². The molecule has 1 aliphatic rings. The van der Waals surface area contributed by atoms with Crippen LogP contribution in [0.25, 0.3) is 0 Å². The number of carbonyl (C=O) groups excluding carboxylic acids is 1. The van der Waals surface area contributed by atoms with Crippen LogP contribution in [0.5, 0.6) is 5.75 Å². The molecule has 2 aromatic carbocycles. The van der Waals surface area contributed by atoms with Gasteiger partial charge in [0.1, 0.15) is 12.4 Å². The average Bonchev–Trinajstić information content (AvgIpc) is 2.71. The van der Waals surface area contributed by atoms with Gasteiger partial charge < -0.3 is 15.0 Å². The fraction of sp³-hybridized carbons (Fsp3) is 0.435. The highest BCUT2D eigenvalue weighted by Gasteiger charge is 2.25. The van der Waals surface area contributed by atoms with Crippen LogP contribution in [0.2, 0.25) is 0 Å². The van der Waals surface area contributed by atoms with Crippen LogP contribution in [0.4, 0.5) is 0 Å². The first kappa shape index (κ1) is 23.2. The number of rotatable bonds is 8. The summed E-state index contributed by atoms with van der Waals surface area (Å²) in [4.78, 5) is 14.5. The van der Waals surface area contributed by atoms with Gasteiger partial charge in [-0.1, -0.05) is 18.2 Å². The summed E-state index contributed by atoms with van der Waals surface area (Å²) in [6.07, 6.45) is 0. The van der Waals surface area contributed by atoms with Gasteiger partial charge in [0, 0.05) is 31.7 Å². The zero-order valence-electron chi connectivity index (χ0n) is 18.4. The monoisotopic (exact) mass is 445 g/mol. The molecule has 1 saturated heterocycles. The molecule has 1 N–H and O–H groups in total. The third kappa shape index (κ3) is 6.78. The van der Waals surface area contributed by atoms with Gasteiger partial charge in [0.2, 0.25) is 10.0 Å². The van der Waals surface area contributed by atoms with E-state index in [1.165, 1.54) is 0 Å². The van der Waals surface area contributed by atoms with Crippen molar-refractivity contribution in [3.63, 3.8) is 0 Å². The number of carbonyl (C=O) groups is 1. The predicted molar refractivity (Wildman–Crippen MR) is 122 cm³/mol. The fourth-order valence-electron chi connectivity index (χ4n) is 3.57. The molecular weight excluding hydrogens is 414 g/mol. The van der Waals surface area contributed by atoms with E-state index in [1.54, 1.807) is 28.6 Å². The number of benzene rings is 2. The summed E-state index contributed by atoms with van der Waals surface area (Å²) in [6.45, 7) is 7.30. The Bertz CT molecular complexity index is 978. The number of likely N-dealkylation sites (N-methyl/N-ethyl adjacent to an activating group) is 1. The van der Waals surface area contributed by atoms with Crippen molar-refractivity contribution >= 4 is 15.9 Å². The van der Waals surface area contributed by atoms with Gasteiger partial charge in [0.15, 0.2) is 0 Å². The number of aryl methyl sites for hydroxylation is 2. The lowest BCUT2D eigenvalue weighted by Crippen LogP contribution is -2.47. The second-order valence-electron chi connectivity index (χ2n) is 8.08. The molecule has 0 aliphatic carbocycles. The van der Waals surface area contributed by atoms with Gasteiger partial charge in [-0.2, -0.15) is 4.31 Å². The van der Waals surface area contributed by atoms with Gasteiger partial charge >= 0.3 is 0 Å². The lowest BCUT2D eigenvalue weighted by Gasteiger charge is -2.31. The summed E-state index contributed by atoms with van der Waals surface area (Å²) < 4.78 is 32.5. The van der Waals surface area contributed by atoms with Gasteiger partial charge in [-0.25, -0.2) is 8.42 Å². The Labute approximate surface area is 185 Å². The van der Waals surface area contributed by atoms with Crippen LogP contribution >= 0.6 is 0 Å². The SMILES string of the molecule is Cc1cc(C)cc(OCCNC(=O)c2ccc(CS(=O)(=O)N3CCN(C)CC3)cc2)c1. The Morgan fingerprint density at radius 1 is 1.00 bits per heavy atom. The molecule has 3 rings (SSSR count). The molecule has 168 valence electrons. The minimum absolute atomic E-state index is 0.0532. The highest BCUT2D eigenvalue weighted by atomic mass is 32.2. The van der Waals surface area contributed by atoms with Gasteiger partial charge in [0.05, 0.1) is 12.3 Å². The van der Waals surface area contributed by atoms with Crippen LogP contribution in [-0.2, 0) is 15.8 Å². The zero-order valence-corrected chi connectivity index (χ0v) is 19.2. The van der Waals surface area contributed by atoms with E-state index in [2.05, 4.69) is 16.3 Å². The van der Waals surface area contributed by atoms with Crippen molar-refractivity contribution in [2.75, 3.05) is 46.4 Å². The maximum absolute atomic E-state index is 12.6. The zero-order chi connectivity index (χ0) is 22.4. The number of amides is 1. The molecule has 0 bridgehead atoms. The van der Waals surface area contributed by atoms with Crippen molar-refractivity contribution in [3.8, 4) is 5.75 Å². The lowest BCUT2D eigenvalue weighted by atomic mass is 10.1. The minimum atomic E-state index is -3.35. The van der Waals surface area contributed by atoms with Crippen molar-refractivity contribution in [1.82, 2.24) is 14.5 Å². The molecule has 0 unspecified atom stereocenters. The van der Waals surface area contributed by atoms with E-state index < -0.39 is 10.0 Å². The molecule has 0 aromatic heterocycles. The molecule has 31 heavy (non-hydrogen) atoms. The van der Waals surface area contributed by atoms with E-state index in [0.29, 0.717) is 37.4 Å². The molecule has 1 amide bonds. The van der Waals surface area contributed by atoms with Crippen molar-refractivity contribution in [1.29, 1.82) is 0 Å². The molecule has 0 spiro atoms. The molecular formula is C23H31N3O4S. The first-order chi connectivity index (χ1) is 14.7. The van der Waals surface area contributed by atoms with Crippen LogP contribution < -0.4 is 10.1 Å². The summed E-state index contributed by atoms with van der Waals surface area (Å²) in [6, 6.07) is 12.7. The van der Waals surface area contributed by atoms with Gasteiger partial charge in [-0.3, -0.25) is 4.79 Å². The van der Waals surface area contributed by atoms with Crippen molar-refractivity contribution < 1.29 is 17.9 Å². The molecule has 0 radical (unpaired) electrons. The summed E-state index contributed by atoms with van der Waals surface area (Å²) in [5, 5.41) is 2.83. The molecule has 0 saturated carbocycles. The lowest BCUT2D eigenvalue weighted by molar-refractivity contribution is 0.0947. The number of nitrogens with one attached hydrogen (secondary N) is 1. The van der Waals surface area contributed by atoms with Crippen molar-refractivity contribution in [2.24, 2.45) is 0 Å². The van der Waals surface area contributed by atoms with E-state index in [9.17, 15) is 13.2 Å². The maximum Gasteiger partial charge on any atom is 0.251 e. The maximum atomic E-state index is 12.6. The number of hydrogen-bond donors (Lipinski definition) is 1. The number of hydrogen-bond acceptors (Lipinski definition) is 5. The average molecular weight is 446 g/mol. The molecule has 2 aromatic rings. The van der Waals surface area contributed by atoms with E-state index in [0.717, 1.165) is 30.0 Å². The predicted octanol–water partition coefficient (Wildman–Crippen LogP) is 2.19. The van der Waals surface area contributed by atoms with Crippen molar-refractivity contribution in [3.05, 3.63) is 64.7 Å². The topological polar surface area (TPSA) is 78.9 Å². The van der Waals surface area contributed by atoms with Crippen LogP contribution in [-0.4, -0.2) is 69.9 Å². The number of piperazine rings is 1. The first-order valence-corrected chi connectivity index (χ1v) is 12.1. The number of sulfonamides is 1. The quantitative estimate of drug-likeness (QED) is 0.630. The highest BCUT2D eigenvalue weighted by molar-refractivity contribution is 7.88. The smallest absolute Gasteiger partial charge is 0.251 e. The summed E-state index contributed by atoms with van der Waals surface area (Å²) >= 11 is 0. The largest absolute Gasteiger partial charge is 0.492 e. The van der Waals surface area contributed by atoms with E-state index in [4.69, 9.17) is 4.74 Å². The van der Waals surface area contributed by atoms with Gasteiger partial charge in [-0.05, 0) is 61.9 Å². The van der Waals surface area contributed by atoms with Crippen LogP contribution in [0.15, 0.2) is 42.5 Å². The highest BCUT2D eigenvalue weighted by Crippen LogP contribution is 2.16. The number of ether oxygens (including phenoxy) is 1. The first-order valence-electron chi connectivity index (χ1n) is 10.5. The van der Waals surface area contributed by atoms with Crippen LogP contribution in [0.3, 0.4) is 0 Å². The second-order valence-corrected chi connectivity index (χ2v) is 10.1. The minimum Gasteiger partial charge on any atom is -0.492 e. The second kappa shape index (κ2) is 10.3. The Balaban J connectivity index is 1.47.